The highest BCUT2D eigenvalue weighted by molar-refractivity contribution is 7.72. The van der Waals surface area contributed by atoms with E-state index >= 15 is 0 Å². The van der Waals surface area contributed by atoms with Gasteiger partial charge in [0, 0.05) is 37.7 Å². The molecule has 32 nitrogen and oxygen atoms in total. The molecular formula is C27H54N4O28P6. The Balaban J connectivity index is 1.65. The fraction of sp³-hybridized carbons (Fsp3) is 0.815. The number of aromatic amines is 1. The van der Waals surface area contributed by atoms with Crippen LogP contribution in [0.4, 0.5) is 0 Å². The number of aliphatic hydroxyl groups is 1. The Morgan fingerprint density at radius 3 is 1.69 bits per heavy atom. The highest BCUT2D eigenvalue weighted by Crippen LogP contribution is 2.75. The van der Waals surface area contributed by atoms with Gasteiger partial charge in [0.1, 0.15) is 12.3 Å². The molecule has 0 aromatic carbocycles. The van der Waals surface area contributed by atoms with E-state index in [2.05, 4.69) is 35.9 Å². The maximum atomic E-state index is 12.3. The summed E-state index contributed by atoms with van der Waals surface area (Å²) in [6.45, 7) is 3.23. The van der Waals surface area contributed by atoms with Crippen molar-refractivity contribution in [3.63, 3.8) is 0 Å². The van der Waals surface area contributed by atoms with E-state index in [-0.39, 0.29) is 50.5 Å². The van der Waals surface area contributed by atoms with Gasteiger partial charge in [-0.2, -0.15) is 21.6 Å². The van der Waals surface area contributed by atoms with Gasteiger partial charge in [0.15, 0.2) is 0 Å². The van der Waals surface area contributed by atoms with Crippen molar-refractivity contribution in [1.29, 1.82) is 0 Å². The molecular weight excluding hydrogens is 1010 g/mol. The molecule has 1 aliphatic rings. The molecule has 0 aliphatic carbocycles. The number of hydrogen-bond acceptors (Lipinski definition) is 23. The summed E-state index contributed by atoms with van der Waals surface area (Å²) in [5, 5.41) is 12.9. The highest BCUT2D eigenvalue weighted by atomic mass is 31.3. The number of phosphoric acid groups is 6. The standard InChI is InChI=1S/C27H54N4O28P6/c1-21-19-31(27(35)30-26(21)34)25-18-22(32)23(54-25)20-53-61(38,39)56-63(42,43)58-65(46,47)59-64(44,45)57-62(40,41)55-60(36,37)52-9-5-3-2-4-8-29-24(33)6-10-48-12-14-50-16-17-51-15-13-49-11-7-28/h19,22-23,25,32H,2-18,20,28H2,1H3,(H,29,33)(H,36,37)(H,38,39)(H,40,41)(H,42,43)(H,44,45)(H,46,47)(H,30,34,35)/t22?,23-,25-/m1/s1. The van der Waals surface area contributed by atoms with E-state index in [4.69, 9.17) is 29.4 Å². The van der Waals surface area contributed by atoms with Gasteiger partial charge in [-0.3, -0.25) is 28.2 Å². The third-order valence-electron chi connectivity index (χ3n) is 7.59. The topological polar surface area (TPSA) is 465 Å². The Hall–Kier alpha value is -1.27. The van der Waals surface area contributed by atoms with Crippen LogP contribution < -0.4 is 22.3 Å². The number of phosphoric ester groups is 2. The summed E-state index contributed by atoms with van der Waals surface area (Å²) in [6.07, 6.45) is -2.02. The summed E-state index contributed by atoms with van der Waals surface area (Å²) in [5.74, 6) is -0.269. The first-order valence-corrected chi connectivity index (χ1v) is 27.9. The number of hydrogen-bond donors (Lipinski definition) is 10. The molecule has 2 heterocycles. The molecule has 1 aromatic heterocycles. The Bertz CT molecular complexity index is 2060. The molecule has 38 heteroatoms. The van der Waals surface area contributed by atoms with E-state index in [9.17, 15) is 76.2 Å². The molecule has 0 spiro atoms. The van der Waals surface area contributed by atoms with Crippen LogP contribution in [0.2, 0.25) is 0 Å². The van der Waals surface area contributed by atoms with Crippen LogP contribution in [0, 0.1) is 6.92 Å². The molecule has 1 aromatic rings. The summed E-state index contributed by atoms with van der Waals surface area (Å²) < 4.78 is 128. The Morgan fingerprint density at radius 1 is 0.708 bits per heavy atom. The van der Waals surface area contributed by atoms with Crippen molar-refractivity contribution >= 4 is 52.8 Å². The zero-order valence-electron chi connectivity index (χ0n) is 34.4. The van der Waals surface area contributed by atoms with Crippen LogP contribution >= 0.6 is 46.9 Å². The molecule has 9 atom stereocenters. The zero-order chi connectivity index (χ0) is 49.0. The number of amides is 1. The van der Waals surface area contributed by atoms with Crippen molar-refractivity contribution in [2.24, 2.45) is 5.73 Å². The van der Waals surface area contributed by atoms with Crippen molar-refractivity contribution in [1.82, 2.24) is 14.9 Å². The fourth-order valence-corrected chi connectivity index (χ4v) is 12.7. The molecule has 65 heavy (non-hydrogen) atoms. The van der Waals surface area contributed by atoms with Gasteiger partial charge in [-0.15, -0.1) is 0 Å². The number of carbonyl (C=O) groups excluding carboxylic acids is 1. The lowest BCUT2D eigenvalue weighted by Gasteiger charge is -2.21. The molecule has 380 valence electrons. The number of nitrogens with two attached hydrogens (primary N) is 1. The van der Waals surface area contributed by atoms with Gasteiger partial charge in [-0.25, -0.2) is 32.2 Å². The lowest BCUT2D eigenvalue weighted by molar-refractivity contribution is -0.122. The lowest BCUT2D eigenvalue weighted by atomic mass is 10.2. The number of unbranched alkanes of at least 4 members (excludes halogenated alkanes) is 3. The van der Waals surface area contributed by atoms with Crippen LogP contribution in [-0.4, -0.2) is 141 Å². The fourth-order valence-electron chi connectivity index (χ4n) is 4.85. The van der Waals surface area contributed by atoms with Crippen LogP contribution in [-0.2, 0) is 86.5 Å². The highest BCUT2D eigenvalue weighted by Gasteiger charge is 2.50. The maximum Gasteiger partial charge on any atom is 0.490 e. The average Bonchev–Trinajstić information content (AvgIpc) is 3.52. The van der Waals surface area contributed by atoms with Gasteiger partial charge in [0.25, 0.3) is 5.56 Å². The number of rotatable bonds is 36. The van der Waals surface area contributed by atoms with Crippen LogP contribution in [0.5, 0.6) is 0 Å². The quantitative estimate of drug-likeness (QED) is 0.0319. The lowest BCUT2D eigenvalue weighted by Crippen LogP contribution is -2.33. The van der Waals surface area contributed by atoms with E-state index in [1.54, 1.807) is 0 Å². The van der Waals surface area contributed by atoms with Gasteiger partial charge in [0.2, 0.25) is 5.91 Å². The normalized spacial score (nSPS) is 22.2. The summed E-state index contributed by atoms with van der Waals surface area (Å²) in [7, 11) is -36.9. The molecule has 1 fully saturated rings. The van der Waals surface area contributed by atoms with Crippen LogP contribution in [0.3, 0.4) is 0 Å². The molecule has 0 radical (unpaired) electrons. The first-order chi connectivity index (χ1) is 30.2. The summed E-state index contributed by atoms with van der Waals surface area (Å²) in [4.78, 5) is 96.0. The number of aryl methyl sites for hydroxylation is 1. The molecule has 0 bridgehead atoms. The average molecular weight is 1070 g/mol. The second-order valence-corrected chi connectivity index (χ2v) is 22.4. The largest absolute Gasteiger partial charge is 0.490 e. The Kier molecular flexibility index (Phi) is 26.2. The van der Waals surface area contributed by atoms with E-state index in [1.807, 2.05) is 4.98 Å². The van der Waals surface area contributed by atoms with E-state index in [1.165, 1.54) is 6.92 Å². The Labute approximate surface area is 369 Å². The van der Waals surface area contributed by atoms with Gasteiger partial charge in [-0.05, 0) is 19.8 Å². The number of aliphatic hydroxyl groups excluding tert-OH is 1. The van der Waals surface area contributed by atoms with E-state index in [0.29, 0.717) is 65.4 Å². The summed E-state index contributed by atoms with van der Waals surface area (Å²) >= 11 is 0. The van der Waals surface area contributed by atoms with Crippen molar-refractivity contribution < 1.29 is 121 Å². The minimum absolute atomic E-state index is 0.0582. The molecule has 1 saturated heterocycles. The molecule has 2 rings (SSSR count). The zero-order valence-corrected chi connectivity index (χ0v) is 39.8. The number of aromatic nitrogens is 2. The summed E-state index contributed by atoms with van der Waals surface area (Å²) in [5.41, 5.74) is 3.74. The summed E-state index contributed by atoms with van der Waals surface area (Å²) in [6, 6.07) is 0. The second kappa shape index (κ2) is 28.4. The first-order valence-electron chi connectivity index (χ1n) is 18.9. The van der Waals surface area contributed by atoms with Crippen LogP contribution in [0.1, 0.15) is 50.3 Å². The number of ether oxygens (including phenoxy) is 5. The number of nitrogens with one attached hydrogen (secondary N) is 2. The van der Waals surface area contributed by atoms with E-state index < -0.39 is 89.8 Å². The monoisotopic (exact) mass is 1070 g/mol. The second-order valence-electron chi connectivity index (χ2n) is 13.0. The van der Waals surface area contributed by atoms with Gasteiger partial charge >= 0.3 is 52.6 Å². The predicted octanol–water partition coefficient (Wildman–Crippen LogP) is 0.304. The van der Waals surface area contributed by atoms with E-state index in [0.717, 1.165) is 10.8 Å². The molecule has 11 N–H and O–H groups in total. The maximum absolute atomic E-state index is 12.3. The number of H-pyrrole nitrogens is 1. The first kappa shape index (κ1) is 59.9. The predicted molar refractivity (Wildman–Crippen MR) is 215 cm³/mol. The molecule has 0 saturated carbocycles. The van der Waals surface area contributed by atoms with Crippen LogP contribution in [0.25, 0.3) is 0 Å². The minimum Gasteiger partial charge on any atom is -0.390 e. The molecule has 1 amide bonds. The van der Waals surface area contributed by atoms with Crippen molar-refractivity contribution in [2.45, 2.75) is 63.9 Å². The van der Waals surface area contributed by atoms with Gasteiger partial charge in [0.05, 0.1) is 72.2 Å². The third-order valence-corrected chi connectivity index (χ3v) is 16.8. The van der Waals surface area contributed by atoms with Gasteiger partial charge < -0.3 is 69.2 Å². The molecule has 1 aliphatic heterocycles. The van der Waals surface area contributed by atoms with Crippen molar-refractivity contribution in [2.75, 3.05) is 79.2 Å². The number of carbonyl (C=O) groups is 1. The third kappa shape index (κ3) is 26.3. The Morgan fingerprint density at radius 2 is 1.17 bits per heavy atom. The van der Waals surface area contributed by atoms with Crippen molar-refractivity contribution in [3.05, 3.63) is 32.6 Å². The number of nitrogens with zero attached hydrogens (tertiary/aromatic N) is 1. The smallest absolute Gasteiger partial charge is 0.390 e. The minimum atomic E-state index is -6.50. The van der Waals surface area contributed by atoms with Crippen LogP contribution in [0.15, 0.2) is 15.8 Å². The van der Waals surface area contributed by atoms with Crippen molar-refractivity contribution in [3.8, 4) is 0 Å². The van der Waals surface area contributed by atoms with Gasteiger partial charge in [-0.1, -0.05) is 12.8 Å². The molecule has 7 unspecified atom stereocenters. The SMILES string of the molecule is Cc1cn([C@H]2CC(O)[C@@H](COP(=O)(O)OP(=O)(O)OP(=O)(O)OP(=O)(O)OP(=O)(O)OP(=O)(O)OCCCCCCNC(=O)CCOCCOCCOCCOCCN)O2)c(=O)[nH]c1=O.